The maximum atomic E-state index is 11.2. The molecular formula is C15H22N2O2. The number of rotatable bonds is 4. The smallest absolute Gasteiger partial charge is 0.305 e. The Hall–Kier alpha value is -1.58. The Bertz CT molecular complexity index is 434. The number of nitrogens with zero attached hydrogens (tertiary/aromatic N) is 2. The van der Waals surface area contributed by atoms with Gasteiger partial charge in [-0.15, -0.1) is 0 Å². The number of carbonyl (C=O) groups excluding carboxylic acids is 1. The zero-order chi connectivity index (χ0) is 13.7. The monoisotopic (exact) mass is 262 g/mol. The highest BCUT2D eigenvalue weighted by molar-refractivity contribution is 5.69. The lowest BCUT2D eigenvalue weighted by atomic mass is 10.0. The standard InChI is InChI=1S/C15H22N2O2/c1-12-5-3-4-8-17(12)14-9-13(10-16-11-14)6-7-15(18)19-2/h9-12H,3-8H2,1-2H3/t12-/m0/s1. The first-order valence-electron chi connectivity index (χ1n) is 6.98. The predicted molar refractivity (Wildman–Crippen MR) is 75.2 cm³/mol. The molecule has 104 valence electrons. The van der Waals surface area contributed by atoms with Crippen molar-refractivity contribution in [1.29, 1.82) is 0 Å². The van der Waals surface area contributed by atoms with Crippen molar-refractivity contribution in [2.45, 2.75) is 45.1 Å². The molecule has 2 heterocycles. The molecule has 1 aromatic heterocycles. The molecule has 1 atom stereocenters. The molecule has 0 amide bonds. The molecule has 1 aromatic rings. The van der Waals surface area contributed by atoms with Gasteiger partial charge in [-0.1, -0.05) is 0 Å². The Kier molecular flexibility index (Phi) is 4.77. The second-order valence-electron chi connectivity index (χ2n) is 5.17. The summed E-state index contributed by atoms with van der Waals surface area (Å²) in [4.78, 5) is 17.9. The van der Waals surface area contributed by atoms with Crippen LogP contribution in [-0.2, 0) is 16.0 Å². The molecule has 19 heavy (non-hydrogen) atoms. The summed E-state index contributed by atoms with van der Waals surface area (Å²) in [5, 5.41) is 0. The summed E-state index contributed by atoms with van der Waals surface area (Å²) in [5.41, 5.74) is 2.27. The molecule has 0 saturated carbocycles. The van der Waals surface area contributed by atoms with Gasteiger partial charge in [0.05, 0.1) is 19.0 Å². The van der Waals surface area contributed by atoms with Gasteiger partial charge in [-0.2, -0.15) is 0 Å². The average Bonchev–Trinajstić information content (AvgIpc) is 2.45. The first-order chi connectivity index (χ1) is 9.20. The summed E-state index contributed by atoms with van der Waals surface area (Å²) in [5.74, 6) is -0.170. The molecule has 0 radical (unpaired) electrons. The van der Waals surface area contributed by atoms with E-state index >= 15 is 0 Å². The summed E-state index contributed by atoms with van der Waals surface area (Å²) in [7, 11) is 1.42. The number of hydrogen-bond donors (Lipinski definition) is 0. The fourth-order valence-corrected chi connectivity index (χ4v) is 2.60. The third kappa shape index (κ3) is 3.69. The van der Waals surface area contributed by atoms with Crippen molar-refractivity contribution in [3.8, 4) is 0 Å². The SMILES string of the molecule is COC(=O)CCc1cncc(N2CCCC[C@@H]2C)c1. The summed E-state index contributed by atoms with van der Waals surface area (Å²) in [6.45, 7) is 3.36. The van der Waals surface area contributed by atoms with Gasteiger partial charge in [0.2, 0.25) is 0 Å². The third-order valence-corrected chi connectivity index (χ3v) is 3.76. The van der Waals surface area contributed by atoms with Crippen molar-refractivity contribution >= 4 is 11.7 Å². The molecule has 0 N–H and O–H groups in total. The zero-order valence-electron chi connectivity index (χ0n) is 11.8. The van der Waals surface area contributed by atoms with Gasteiger partial charge in [0, 0.05) is 25.2 Å². The number of hydrogen-bond acceptors (Lipinski definition) is 4. The Morgan fingerprint density at radius 1 is 1.47 bits per heavy atom. The topological polar surface area (TPSA) is 42.4 Å². The van der Waals surface area contributed by atoms with Crippen LogP contribution in [0.25, 0.3) is 0 Å². The van der Waals surface area contributed by atoms with Crippen molar-refractivity contribution in [1.82, 2.24) is 4.98 Å². The van der Waals surface area contributed by atoms with Gasteiger partial charge in [-0.25, -0.2) is 0 Å². The van der Waals surface area contributed by atoms with Gasteiger partial charge >= 0.3 is 5.97 Å². The van der Waals surface area contributed by atoms with Gasteiger partial charge in [0.15, 0.2) is 0 Å². The zero-order valence-corrected chi connectivity index (χ0v) is 11.8. The molecular weight excluding hydrogens is 240 g/mol. The molecule has 1 aliphatic rings. The Morgan fingerprint density at radius 2 is 2.32 bits per heavy atom. The van der Waals surface area contributed by atoms with Crippen molar-refractivity contribution in [3.63, 3.8) is 0 Å². The van der Waals surface area contributed by atoms with E-state index < -0.39 is 0 Å². The van der Waals surface area contributed by atoms with E-state index in [0.717, 1.165) is 12.1 Å². The summed E-state index contributed by atoms with van der Waals surface area (Å²) < 4.78 is 4.67. The van der Waals surface area contributed by atoms with Gasteiger partial charge in [-0.05, 0) is 44.2 Å². The first-order valence-corrected chi connectivity index (χ1v) is 6.98. The molecule has 1 saturated heterocycles. The van der Waals surface area contributed by atoms with Crippen LogP contribution in [0.15, 0.2) is 18.5 Å². The van der Waals surface area contributed by atoms with E-state index in [1.165, 1.54) is 32.1 Å². The lowest BCUT2D eigenvalue weighted by molar-refractivity contribution is -0.140. The predicted octanol–water partition coefficient (Wildman–Crippen LogP) is 2.57. The van der Waals surface area contributed by atoms with Gasteiger partial charge in [0.25, 0.3) is 0 Å². The van der Waals surface area contributed by atoms with Gasteiger partial charge < -0.3 is 9.64 Å². The largest absolute Gasteiger partial charge is 0.469 e. The Balaban J connectivity index is 2.03. The number of esters is 1. The molecule has 1 fully saturated rings. The fourth-order valence-electron chi connectivity index (χ4n) is 2.60. The van der Waals surface area contributed by atoms with Crippen molar-refractivity contribution in [3.05, 3.63) is 24.0 Å². The molecule has 4 nitrogen and oxygen atoms in total. The first kappa shape index (κ1) is 13.8. The van der Waals surface area contributed by atoms with Crippen LogP contribution in [0.1, 0.15) is 38.2 Å². The van der Waals surface area contributed by atoms with E-state index in [-0.39, 0.29) is 5.97 Å². The molecule has 0 aromatic carbocycles. The number of carbonyl (C=O) groups is 1. The highest BCUT2D eigenvalue weighted by Gasteiger charge is 2.18. The van der Waals surface area contributed by atoms with Crippen LogP contribution in [-0.4, -0.2) is 30.6 Å². The molecule has 4 heteroatoms. The number of methoxy groups -OCH3 is 1. The number of pyridine rings is 1. The number of ether oxygens (including phenoxy) is 1. The second-order valence-corrected chi connectivity index (χ2v) is 5.17. The number of anilines is 1. The van der Waals surface area contributed by atoms with Crippen molar-refractivity contribution in [2.75, 3.05) is 18.6 Å². The van der Waals surface area contributed by atoms with Crippen LogP contribution in [0.4, 0.5) is 5.69 Å². The van der Waals surface area contributed by atoms with Gasteiger partial charge in [-0.3, -0.25) is 9.78 Å². The second kappa shape index (κ2) is 6.55. The van der Waals surface area contributed by atoms with Crippen LogP contribution in [0.2, 0.25) is 0 Å². The van der Waals surface area contributed by atoms with E-state index in [1.807, 2.05) is 12.4 Å². The Morgan fingerprint density at radius 3 is 3.05 bits per heavy atom. The lowest BCUT2D eigenvalue weighted by Crippen LogP contribution is -2.37. The van der Waals surface area contributed by atoms with E-state index in [4.69, 9.17) is 0 Å². The van der Waals surface area contributed by atoms with Crippen LogP contribution in [0, 0.1) is 0 Å². The average molecular weight is 262 g/mol. The summed E-state index contributed by atoms with van der Waals surface area (Å²) in [6, 6.07) is 2.73. The molecule has 0 bridgehead atoms. The minimum Gasteiger partial charge on any atom is -0.469 e. The normalized spacial score (nSPS) is 19.3. The highest BCUT2D eigenvalue weighted by Crippen LogP contribution is 2.24. The number of aryl methyl sites for hydroxylation is 1. The maximum absolute atomic E-state index is 11.2. The van der Waals surface area contributed by atoms with Crippen LogP contribution in [0.3, 0.4) is 0 Å². The number of aromatic nitrogens is 1. The summed E-state index contributed by atoms with van der Waals surface area (Å²) >= 11 is 0. The fraction of sp³-hybridized carbons (Fsp3) is 0.600. The summed E-state index contributed by atoms with van der Waals surface area (Å²) in [6.07, 6.45) is 8.66. The molecule has 0 spiro atoms. The van der Waals surface area contributed by atoms with E-state index in [1.54, 1.807) is 0 Å². The van der Waals surface area contributed by atoms with Crippen LogP contribution in [0.5, 0.6) is 0 Å². The minimum absolute atomic E-state index is 0.170. The van der Waals surface area contributed by atoms with Crippen molar-refractivity contribution < 1.29 is 9.53 Å². The molecule has 1 aliphatic heterocycles. The van der Waals surface area contributed by atoms with Crippen molar-refractivity contribution in [2.24, 2.45) is 0 Å². The van der Waals surface area contributed by atoms with E-state index in [2.05, 4.69) is 27.6 Å². The molecule has 2 rings (SSSR count). The van der Waals surface area contributed by atoms with Gasteiger partial charge in [0.1, 0.15) is 0 Å². The molecule has 0 unspecified atom stereocenters. The maximum Gasteiger partial charge on any atom is 0.305 e. The quantitative estimate of drug-likeness (QED) is 0.782. The van der Waals surface area contributed by atoms with Crippen LogP contribution < -0.4 is 4.90 Å². The number of piperidine rings is 1. The third-order valence-electron chi connectivity index (χ3n) is 3.76. The highest BCUT2D eigenvalue weighted by atomic mass is 16.5. The Labute approximate surface area is 114 Å². The molecule has 0 aliphatic carbocycles. The minimum atomic E-state index is -0.170. The van der Waals surface area contributed by atoms with E-state index in [9.17, 15) is 4.79 Å². The van der Waals surface area contributed by atoms with Crippen LogP contribution >= 0.6 is 0 Å². The van der Waals surface area contributed by atoms with E-state index in [0.29, 0.717) is 18.9 Å². The lowest BCUT2D eigenvalue weighted by Gasteiger charge is -2.35.